The van der Waals surface area contributed by atoms with Gasteiger partial charge in [0.15, 0.2) is 0 Å². The lowest BCUT2D eigenvalue weighted by molar-refractivity contribution is 0.109. The lowest BCUT2D eigenvalue weighted by atomic mass is 9.96. The van der Waals surface area contributed by atoms with Gasteiger partial charge in [0.25, 0.3) is 0 Å². The number of carbonyl (C=O) groups is 1. The van der Waals surface area contributed by atoms with E-state index in [9.17, 15) is 4.79 Å². The van der Waals surface area contributed by atoms with Crippen molar-refractivity contribution in [3.63, 3.8) is 0 Å². The molecule has 4 heteroatoms. The van der Waals surface area contributed by atoms with E-state index in [4.69, 9.17) is 0 Å². The zero-order valence-electron chi connectivity index (χ0n) is 14.5. The molecule has 1 saturated carbocycles. The molecule has 1 aliphatic heterocycles. The fraction of sp³-hybridized carbons (Fsp3) is 0.650. The van der Waals surface area contributed by atoms with Crippen molar-refractivity contribution in [1.82, 2.24) is 15.1 Å². The summed E-state index contributed by atoms with van der Waals surface area (Å²) >= 11 is 0. The van der Waals surface area contributed by atoms with Crippen molar-refractivity contribution in [3.8, 4) is 0 Å². The van der Waals surface area contributed by atoms with E-state index in [0.717, 1.165) is 39.0 Å². The van der Waals surface area contributed by atoms with E-state index in [1.54, 1.807) is 0 Å². The van der Waals surface area contributed by atoms with Gasteiger partial charge in [-0.3, -0.25) is 4.90 Å². The standard InChI is InChI=1S/C20H29N3O/c24-20(21-18-8-2-1-3-9-18)23-12-10-22(11-13-23)19-14-16-6-4-5-7-17(16)15-19/h4-7,18-19H,1-3,8-15H2,(H,21,24). The summed E-state index contributed by atoms with van der Waals surface area (Å²) in [4.78, 5) is 17.1. The number of piperazine rings is 1. The van der Waals surface area contributed by atoms with E-state index in [1.165, 1.54) is 43.2 Å². The minimum atomic E-state index is 0.163. The molecule has 24 heavy (non-hydrogen) atoms. The second kappa shape index (κ2) is 7.14. The predicted octanol–water partition coefficient (Wildman–Crippen LogP) is 2.81. The van der Waals surface area contributed by atoms with Gasteiger partial charge in [-0.1, -0.05) is 43.5 Å². The van der Waals surface area contributed by atoms with Gasteiger partial charge in [0.2, 0.25) is 0 Å². The quantitative estimate of drug-likeness (QED) is 0.907. The van der Waals surface area contributed by atoms with Crippen LogP contribution in [0.5, 0.6) is 0 Å². The first-order valence-electron chi connectivity index (χ1n) is 9.66. The number of nitrogens with one attached hydrogen (secondary N) is 1. The predicted molar refractivity (Wildman–Crippen MR) is 96.2 cm³/mol. The Morgan fingerprint density at radius 2 is 1.54 bits per heavy atom. The van der Waals surface area contributed by atoms with E-state index in [-0.39, 0.29) is 6.03 Å². The molecule has 2 amide bonds. The molecule has 130 valence electrons. The van der Waals surface area contributed by atoms with Gasteiger partial charge in [0.1, 0.15) is 0 Å². The van der Waals surface area contributed by atoms with Crippen molar-refractivity contribution >= 4 is 6.03 Å². The summed E-state index contributed by atoms with van der Waals surface area (Å²) in [6.07, 6.45) is 8.52. The summed E-state index contributed by atoms with van der Waals surface area (Å²) in [5.41, 5.74) is 3.03. The first-order chi connectivity index (χ1) is 11.8. The number of urea groups is 1. The monoisotopic (exact) mass is 327 g/mol. The van der Waals surface area contributed by atoms with Crippen LogP contribution in [-0.2, 0) is 12.8 Å². The van der Waals surface area contributed by atoms with Gasteiger partial charge < -0.3 is 10.2 Å². The molecule has 1 aromatic carbocycles. The molecule has 3 aliphatic rings. The summed E-state index contributed by atoms with van der Waals surface area (Å²) < 4.78 is 0. The minimum Gasteiger partial charge on any atom is -0.335 e. The second-order valence-electron chi connectivity index (χ2n) is 7.64. The average molecular weight is 327 g/mol. The van der Waals surface area contributed by atoms with Crippen LogP contribution in [0.3, 0.4) is 0 Å². The molecule has 0 spiro atoms. The Morgan fingerprint density at radius 3 is 2.17 bits per heavy atom. The minimum absolute atomic E-state index is 0.163. The van der Waals surface area contributed by atoms with Gasteiger partial charge in [-0.25, -0.2) is 4.79 Å². The van der Waals surface area contributed by atoms with Crippen LogP contribution in [0, 0.1) is 0 Å². The highest BCUT2D eigenvalue weighted by Gasteiger charge is 2.30. The van der Waals surface area contributed by atoms with Crippen LogP contribution in [0.1, 0.15) is 43.2 Å². The molecule has 1 aromatic rings. The van der Waals surface area contributed by atoms with Crippen LogP contribution in [-0.4, -0.2) is 54.1 Å². The highest BCUT2D eigenvalue weighted by molar-refractivity contribution is 5.74. The molecular weight excluding hydrogens is 298 g/mol. The smallest absolute Gasteiger partial charge is 0.317 e. The Hall–Kier alpha value is -1.55. The summed E-state index contributed by atoms with van der Waals surface area (Å²) in [5.74, 6) is 0. The summed E-state index contributed by atoms with van der Waals surface area (Å²) in [5, 5.41) is 3.26. The van der Waals surface area contributed by atoms with E-state index < -0.39 is 0 Å². The molecule has 4 nitrogen and oxygen atoms in total. The highest BCUT2D eigenvalue weighted by Crippen LogP contribution is 2.26. The molecular formula is C20H29N3O. The molecule has 4 rings (SSSR count). The third kappa shape index (κ3) is 3.44. The molecule has 0 unspecified atom stereocenters. The number of fused-ring (bicyclic) bond motifs is 1. The third-order valence-corrected chi connectivity index (χ3v) is 6.08. The number of hydrogen-bond acceptors (Lipinski definition) is 2. The maximum atomic E-state index is 12.5. The Balaban J connectivity index is 1.26. The lowest BCUT2D eigenvalue weighted by Crippen LogP contribution is -2.55. The topological polar surface area (TPSA) is 35.6 Å². The van der Waals surface area contributed by atoms with E-state index in [1.807, 2.05) is 4.90 Å². The van der Waals surface area contributed by atoms with Gasteiger partial charge in [-0.2, -0.15) is 0 Å². The molecule has 1 saturated heterocycles. The molecule has 2 fully saturated rings. The second-order valence-corrected chi connectivity index (χ2v) is 7.64. The van der Waals surface area contributed by atoms with E-state index in [2.05, 4.69) is 34.5 Å². The molecule has 0 aromatic heterocycles. The fourth-order valence-electron chi connectivity index (χ4n) is 4.60. The molecule has 0 atom stereocenters. The van der Waals surface area contributed by atoms with Gasteiger partial charge in [-0.05, 0) is 36.8 Å². The van der Waals surface area contributed by atoms with Crippen LogP contribution in [0.15, 0.2) is 24.3 Å². The Bertz CT molecular complexity index is 549. The molecule has 1 N–H and O–H groups in total. The highest BCUT2D eigenvalue weighted by atomic mass is 16.2. The number of rotatable bonds is 2. The number of nitrogens with zero attached hydrogens (tertiary/aromatic N) is 2. The normalized spacial score (nSPS) is 23.2. The number of carbonyl (C=O) groups excluding carboxylic acids is 1. The van der Waals surface area contributed by atoms with Crippen molar-refractivity contribution in [2.75, 3.05) is 26.2 Å². The SMILES string of the molecule is O=C(NC1CCCCC1)N1CCN(C2Cc3ccccc3C2)CC1. The van der Waals surface area contributed by atoms with E-state index >= 15 is 0 Å². The fourth-order valence-corrected chi connectivity index (χ4v) is 4.60. The first kappa shape index (κ1) is 15.9. The van der Waals surface area contributed by atoms with Crippen molar-refractivity contribution in [1.29, 1.82) is 0 Å². The zero-order chi connectivity index (χ0) is 16.4. The number of hydrogen-bond donors (Lipinski definition) is 1. The Labute approximate surface area is 145 Å². The average Bonchev–Trinajstić information content (AvgIpc) is 3.07. The molecule has 2 aliphatic carbocycles. The maximum Gasteiger partial charge on any atom is 0.317 e. The molecule has 0 bridgehead atoms. The third-order valence-electron chi connectivity index (χ3n) is 6.08. The maximum absolute atomic E-state index is 12.5. The van der Waals surface area contributed by atoms with Crippen molar-refractivity contribution < 1.29 is 4.79 Å². The van der Waals surface area contributed by atoms with Crippen LogP contribution >= 0.6 is 0 Å². The Kier molecular flexibility index (Phi) is 4.74. The molecule has 0 radical (unpaired) electrons. The van der Waals surface area contributed by atoms with Crippen LogP contribution in [0.25, 0.3) is 0 Å². The van der Waals surface area contributed by atoms with E-state index in [0.29, 0.717) is 12.1 Å². The summed E-state index contributed by atoms with van der Waals surface area (Å²) in [7, 11) is 0. The number of amides is 2. The van der Waals surface area contributed by atoms with Crippen LogP contribution in [0.2, 0.25) is 0 Å². The van der Waals surface area contributed by atoms with Crippen molar-refractivity contribution in [2.45, 2.75) is 57.0 Å². The zero-order valence-corrected chi connectivity index (χ0v) is 14.5. The van der Waals surface area contributed by atoms with Crippen molar-refractivity contribution in [3.05, 3.63) is 35.4 Å². The van der Waals surface area contributed by atoms with Crippen LogP contribution in [0.4, 0.5) is 4.79 Å². The first-order valence-corrected chi connectivity index (χ1v) is 9.66. The largest absolute Gasteiger partial charge is 0.335 e. The van der Waals surface area contributed by atoms with Gasteiger partial charge in [-0.15, -0.1) is 0 Å². The van der Waals surface area contributed by atoms with Gasteiger partial charge >= 0.3 is 6.03 Å². The Morgan fingerprint density at radius 1 is 0.917 bits per heavy atom. The summed E-state index contributed by atoms with van der Waals surface area (Å²) in [6, 6.07) is 10.0. The number of benzene rings is 1. The van der Waals surface area contributed by atoms with Gasteiger partial charge in [0, 0.05) is 38.3 Å². The molecule has 1 heterocycles. The summed E-state index contributed by atoms with van der Waals surface area (Å²) in [6.45, 7) is 3.75. The van der Waals surface area contributed by atoms with Crippen molar-refractivity contribution in [2.24, 2.45) is 0 Å². The lowest BCUT2D eigenvalue weighted by Gasteiger charge is -2.38. The van der Waals surface area contributed by atoms with Gasteiger partial charge in [0.05, 0.1) is 0 Å². The van der Waals surface area contributed by atoms with Crippen LogP contribution < -0.4 is 5.32 Å².